The average molecular weight is 575 g/mol. The predicted octanol–water partition coefficient (Wildman–Crippen LogP) is 4.37. The summed E-state index contributed by atoms with van der Waals surface area (Å²) in [5.41, 5.74) is -1.29. The highest BCUT2D eigenvalue weighted by atomic mass is 16.6. The van der Waals surface area contributed by atoms with Gasteiger partial charge in [-0.1, -0.05) is 36.8 Å². The number of ether oxygens (including phenoxy) is 4. The van der Waals surface area contributed by atoms with Crippen LogP contribution in [0.3, 0.4) is 0 Å². The van der Waals surface area contributed by atoms with E-state index >= 15 is 0 Å². The molecule has 1 N–H and O–H groups in total. The van der Waals surface area contributed by atoms with E-state index in [2.05, 4.69) is 0 Å². The van der Waals surface area contributed by atoms with E-state index < -0.39 is 58.8 Å². The maximum Gasteiger partial charge on any atom is 0.342 e. The molecule has 0 aliphatic heterocycles. The van der Waals surface area contributed by atoms with Gasteiger partial charge in [0.05, 0.1) is 12.7 Å². The average Bonchev–Trinajstić information content (AvgIpc) is 2.85. The highest BCUT2D eigenvalue weighted by molar-refractivity contribution is 5.69. The smallest absolute Gasteiger partial charge is 0.342 e. The molecule has 0 bridgehead atoms. The number of carbonyl (C=O) groups excluding carboxylic acids is 3. The van der Waals surface area contributed by atoms with Crippen molar-refractivity contribution < 1.29 is 42.9 Å². The summed E-state index contributed by atoms with van der Waals surface area (Å²) in [7, 11) is 1.50. The van der Waals surface area contributed by atoms with Crippen LogP contribution in [0.15, 0.2) is 39.1 Å². The van der Waals surface area contributed by atoms with Gasteiger partial charge in [-0.15, -0.1) is 0 Å². The standard InChI is InChI=1S/C31H42O10/c1-16(13-12-14-17(2)25-18(3)26(37-11)19(4)28(35)40-25)15-24-20(5)31(10,41-23(8)34)29(39-22(7)33)30(9,36)27(24)38-21(6)32/h12-15,20,24,27,29,36H,1-11H3/b13-12+,16-15+,17-14+/t20-,24-,27+,29+,30+,31+/m1/s1. The number of aliphatic hydroxyl groups is 1. The summed E-state index contributed by atoms with van der Waals surface area (Å²) in [5, 5.41) is 11.7. The molecule has 226 valence electrons. The first-order valence-electron chi connectivity index (χ1n) is 13.4. The fraction of sp³-hybridized carbons (Fsp3) is 0.548. The lowest BCUT2D eigenvalue weighted by atomic mass is 9.60. The molecule has 10 heteroatoms. The van der Waals surface area contributed by atoms with Crippen molar-refractivity contribution in [1.82, 2.24) is 0 Å². The molecule has 0 amide bonds. The molecule has 6 atom stereocenters. The van der Waals surface area contributed by atoms with Crippen LogP contribution >= 0.6 is 0 Å². The van der Waals surface area contributed by atoms with Crippen molar-refractivity contribution in [2.45, 2.75) is 92.6 Å². The van der Waals surface area contributed by atoms with Gasteiger partial charge in [0.15, 0.2) is 11.7 Å². The number of rotatable bonds is 8. The molecule has 1 aliphatic carbocycles. The summed E-state index contributed by atoms with van der Waals surface area (Å²) in [6, 6.07) is 0. The molecule has 0 aromatic carbocycles. The van der Waals surface area contributed by atoms with Gasteiger partial charge >= 0.3 is 23.5 Å². The van der Waals surface area contributed by atoms with Gasteiger partial charge in [0.2, 0.25) is 0 Å². The van der Waals surface area contributed by atoms with Crippen molar-refractivity contribution >= 4 is 23.5 Å². The maximum atomic E-state index is 12.3. The second-order valence-corrected chi connectivity index (χ2v) is 11.0. The summed E-state index contributed by atoms with van der Waals surface area (Å²) >= 11 is 0. The predicted molar refractivity (Wildman–Crippen MR) is 152 cm³/mol. The van der Waals surface area contributed by atoms with E-state index in [4.69, 9.17) is 23.4 Å². The molecule has 1 saturated carbocycles. The van der Waals surface area contributed by atoms with Crippen LogP contribution in [0.5, 0.6) is 5.75 Å². The first-order chi connectivity index (χ1) is 18.9. The third-order valence-electron chi connectivity index (χ3n) is 7.64. The van der Waals surface area contributed by atoms with Crippen molar-refractivity contribution in [3.05, 3.63) is 57.2 Å². The minimum absolute atomic E-state index is 0.396. The van der Waals surface area contributed by atoms with Gasteiger partial charge in [-0.05, 0) is 47.1 Å². The minimum atomic E-state index is -1.91. The monoisotopic (exact) mass is 574 g/mol. The van der Waals surface area contributed by atoms with Gasteiger partial charge in [-0.3, -0.25) is 14.4 Å². The third kappa shape index (κ3) is 7.16. The molecule has 1 heterocycles. The molecule has 0 saturated heterocycles. The van der Waals surface area contributed by atoms with Gasteiger partial charge in [0, 0.05) is 38.2 Å². The number of carbonyl (C=O) groups is 3. The molecule has 1 aromatic rings. The molecular weight excluding hydrogens is 532 g/mol. The van der Waals surface area contributed by atoms with Gasteiger partial charge in [0.1, 0.15) is 23.2 Å². The highest BCUT2D eigenvalue weighted by Crippen LogP contribution is 2.49. The quantitative estimate of drug-likeness (QED) is 0.270. The Bertz CT molecular complexity index is 1330. The molecule has 10 nitrogen and oxygen atoms in total. The highest BCUT2D eigenvalue weighted by Gasteiger charge is 2.65. The number of methoxy groups -OCH3 is 1. The normalized spacial score (nSPS) is 28.8. The fourth-order valence-corrected chi connectivity index (χ4v) is 5.65. The topological polar surface area (TPSA) is 139 Å². The van der Waals surface area contributed by atoms with Crippen molar-refractivity contribution in [1.29, 1.82) is 0 Å². The number of allylic oxidation sites excluding steroid dienone is 5. The molecular formula is C31H42O10. The summed E-state index contributed by atoms with van der Waals surface area (Å²) in [6.07, 6.45) is 4.73. The van der Waals surface area contributed by atoms with E-state index in [9.17, 15) is 24.3 Å². The molecule has 1 aromatic heterocycles. The van der Waals surface area contributed by atoms with Crippen molar-refractivity contribution in [2.75, 3.05) is 7.11 Å². The number of hydrogen-bond donors (Lipinski definition) is 1. The van der Waals surface area contributed by atoms with Crippen LogP contribution in [0.25, 0.3) is 5.57 Å². The molecule has 0 unspecified atom stereocenters. The summed E-state index contributed by atoms with van der Waals surface area (Å²) in [6.45, 7) is 15.5. The Balaban J connectivity index is 2.56. The lowest BCUT2D eigenvalue weighted by Crippen LogP contribution is -2.72. The van der Waals surface area contributed by atoms with E-state index in [-0.39, 0.29) is 0 Å². The molecule has 41 heavy (non-hydrogen) atoms. The molecule has 0 spiro atoms. The number of hydrogen-bond acceptors (Lipinski definition) is 10. The van der Waals surface area contributed by atoms with Crippen LogP contribution in [0.2, 0.25) is 0 Å². The Hall–Kier alpha value is -3.66. The van der Waals surface area contributed by atoms with Crippen molar-refractivity contribution in [3.8, 4) is 5.75 Å². The molecule has 1 aliphatic rings. The van der Waals surface area contributed by atoms with Gasteiger partial charge < -0.3 is 28.5 Å². The third-order valence-corrected chi connectivity index (χ3v) is 7.64. The first-order valence-corrected chi connectivity index (χ1v) is 13.4. The zero-order valence-corrected chi connectivity index (χ0v) is 25.7. The Morgan fingerprint density at radius 2 is 1.54 bits per heavy atom. The van der Waals surface area contributed by atoms with Gasteiger partial charge in [0.25, 0.3) is 0 Å². The zero-order valence-electron chi connectivity index (χ0n) is 25.7. The molecule has 0 radical (unpaired) electrons. The maximum absolute atomic E-state index is 12.3. The Kier molecular flexibility index (Phi) is 10.5. The molecule has 1 fully saturated rings. The zero-order chi connectivity index (χ0) is 31.4. The van der Waals surface area contributed by atoms with E-state index in [0.29, 0.717) is 28.2 Å². The largest absolute Gasteiger partial charge is 0.496 e. The van der Waals surface area contributed by atoms with Gasteiger partial charge in [-0.25, -0.2) is 4.79 Å². The summed E-state index contributed by atoms with van der Waals surface area (Å²) < 4.78 is 27.7. The Morgan fingerprint density at radius 3 is 2.05 bits per heavy atom. The van der Waals surface area contributed by atoms with Crippen LogP contribution in [-0.4, -0.2) is 53.5 Å². The van der Waals surface area contributed by atoms with E-state index in [1.54, 1.807) is 45.9 Å². The fourth-order valence-electron chi connectivity index (χ4n) is 5.65. The van der Waals surface area contributed by atoms with Crippen LogP contribution in [-0.2, 0) is 28.6 Å². The van der Waals surface area contributed by atoms with Crippen LogP contribution in [0.4, 0.5) is 0 Å². The molecule has 2 rings (SSSR count). The Morgan fingerprint density at radius 1 is 0.951 bits per heavy atom. The van der Waals surface area contributed by atoms with E-state index in [1.807, 2.05) is 19.9 Å². The van der Waals surface area contributed by atoms with Gasteiger partial charge in [-0.2, -0.15) is 0 Å². The number of esters is 3. The van der Waals surface area contributed by atoms with Crippen molar-refractivity contribution in [3.63, 3.8) is 0 Å². The summed E-state index contributed by atoms with van der Waals surface area (Å²) in [4.78, 5) is 48.5. The lowest BCUT2D eigenvalue weighted by Gasteiger charge is -2.56. The van der Waals surface area contributed by atoms with Crippen LogP contribution in [0.1, 0.15) is 72.3 Å². The van der Waals surface area contributed by atoms with Crippen molar-refractivity contribution in [2.24, 2.45) is 11.8 Å². The van der Waals surface area contributed by atoms with Crippen LogP contribution < -0.4 is 10.4 Å². The van der Waals surface area contributed by atoms with E-state index in [1.165, 1.54) is 34.8 Å². The Labute approximate surface area is 241 Å². The second kappa shape index (κ2) is 12.9. The summed E-state index contributed by atoms with van der Waals surface area (Å²) in [5.74, 6) is -2.25. The first kappa shape index (κ1) is 33.5. The lowest BCUT2D eigenvalue weighted by molar-refractivity contribution is -0.275. The second-order valence-electron chi connectivity index (χ2n) is 11.0. The van der Waals surface area contributed by atoms with E-state index in [0.717, 1.165) is 5.57 Å². The SMILES string of the molecule is COc1c(C)c(/C(C)=C/C=C/C(C)=C/[C@@H]2[C@@H](C)[C@](C)(OC(C)=O)[C@@H](OC(C)=O)[C@@](C)(O)[C@H]2OC(C)=O)oc(=O)c1C. The minimum Gasteiger partial charge on any atom is -0.496 e. The van der Waals surface area contributed by atoms with Crippen LogP contribution in [0, 0.1) is 25.7 Å².